The van der Waals surface area contributed by atoms with Crippen molar-refractivity contribution in [3.05, 3.63) is 100 Å². The van der Waals surface area contributed by atoms with E-state index in [9.17, 15) is 10.1 Å². The van der Waals surface area contributed by atoms with Gasteiger partial charge < -0.3 is 4.90 Å². The normalized spacial score (nSPS) is 11.3. The van der Waals surface area contributed by atoms with Crippen LogP contribution in [-0.4, -0.2) is 30.7 Å². The molecule has 35 heavy (non-hydrogen) atoms. The molecule has 1 amide bonds. The summed E-state index contributed by atoms with van der Waals surface area (Å²) in [5, 5.41) is 10.5. The topological polar surface area (TPSA) is 57.0 Å². The van der Waals surface area contributed by atoms with Gasteiger partial charge in [-0.1, -0.05) is 48.0 Å². The molecule has 4 nitrogen and oxygen atoms in total. The number of benzene rings is 2. The second kappa shape index (κ2) is 10.6. The largest absolute Gasteiger partial charge is 0.337 e. The van der Waals surface area contributed by atoms with E-state index in [0.29, 0.717) is 29.6 Å². The third-order valence-electron chi connectivity index (χ3n) is 6.18. The van der Waals surface area contributed by atoms with Crippen LogP contribution in [0.15, 0.2) is 66.9 Å². The number of nitriles is 1. The highest BCUT2D eigenvalue weighted by molar-refractivity contribution is 6.33. The first-order valence-electron chi connectivity index (χ1n) is 11.7. The Balaban J connectivity index is 1.76. The molecular formula is C30H32BN3O. The molecule has 5 heteroatoms. The lowest BCUT2D eigenvalue weighted by Crippen LogP contribution is -2.29. The van der Waals surface area contributed by atoms with Crippen molar-refractivity contribution >= 4 is 35.7 Å². The average Bonchev–Trinajstić information content (AvgIpc) is 2.78. The summed E-state index contributed by atoms with van der Waals surface area (Å²) >= 11 is 0. The maximum absolute atomic E-state index is 13.1. The Morgan fingerprint density at radius 2 is 1.89 bits per heavy atom. The molecule has 0 fully saturated rings. The minimum absolute atomic E-state index is 0.114. The van der Waals surface area contributed by atoms with Gasteiger partial charge in [-0.2, -0.15) is 5.26 Å². The predicted molar refractivity (Wildman–Crippen MR) is 148 cm³/mol. The number of aryl methyl sites for hydroxylation is 2. The van der Waals surface area contributed by atoms with E-state index in [4.69, 9.17) is 0 Å². The lowest BCUT2D eigenvalue weighted by atomic mass is 9.85. The smallest absolute Gasteiger partial charge is 0.253 e. The average molecular weight is 461 g/mol. The summed E-state index contributed by atoms with van der Waals surface area (Å²) in [4.78, 5) is 19.2. The Morgan fingerprint density at radius 1 is 1.17 bits per heavy atom. The maximum atomic E-state index is 13.1. The van der Waals surface area contributed by atoms with Gasteiger partial charge in [-0.15, -0.1) is 0 Å². The molecule has 0 aliphatic heterocycles. The first kappa shape index (κ1) is 25.7. The van der Waals surface area contributed by atoms with Crippen molar-refractivity contribution in [1.29, 1.82) is 5.26 Å². The van der Waals surface area contributed by atoms with Crippen molar-refractivity contribution in [3.8, 4) is 6.07 Å². The van der Waals surface area contributed by atoms with Crippen molar-refractivity contribution < 1.29 is 4.79 Å². The van der Waals surface area contributed by atoms with Gasteiger partial charge in [-0.3, -0.25) is 9.78 Å². The van der Waals surface area contributed by atoms with Gasteiger partial charge in [-0.05, 0) is 80.1 Å². The van der Waals surface area contributed by atoms with Crippen molar-refractivity contribution in [2.24, 2.45) is 0 Å². The molecule has 0 N–H and O–H groups in total. The maximum Gasteiger partial charge on any atom is 0.253 e. The Kier molecular flexibility index (Phi) is 7.76. The fraction of sp³-hybridized carbons (Fsp3) is 0.233. The van der Waals surface area contributed by atoms with E-state index in [0.717, 1.165) is 44.2 Å². The van der Waals surface area contributed by atoms with Crippen LogP contribution in [0.5, 0.6) is 0 Å². The Labute approximate surface area is 209 Å². The molecule has 0 saturated heterocycles. The second-order valence-corrected chi connectivity index (χ2v) is 9.57. The van der Waals surface area contributed by atoms with Crippen LogP contribution in [0.2, 0.25) is 0 Å². The summed E-state index contributed by atoms with van der Waals surface area (Å²) < 4.78 is 0. The van der Waals surface area contributed by atoms with Crippen LogP contribution in [0.3, 0.4) is 0 Å². The van der Waals surface area contributed by atoms with Crippen LogP contribution < -0.4 is 5.46 Å². The molecule has 0 aliphatic rings. The first-order chi connectivity index (χ1) is 16.5. The molecule has 0 saturated carbocycles. The number of fused-ring (bicyclic) bond motifs is 1. The number of hydrogen-bond acceptors (Lipinski definition) is 3. The Hall–Kier alpha value is -3.91. The first-order valence-corrected chi connectivity index (χ1v) is 11.7. The van der Waals surface area contributed by atoms with Gasteiger partial charge in [0.25, 0.3) is 5.91 Å². The SMILES string of the molecule is Bc1cc(C)c(C(=C)C)cc1CN(C)C(=O)C(=C)/C=C(\C)Cc1cc(C#N)c2ncc(C)cc2c1. The van der Waals surface area contributed by atoms with Gasteiger partial charge in [0.15, 0.2) is 0 Å². The molecular weight excluding hydrogens is 429 g/mol. The van der Waals surface area contributed by atoms with E-state index in [1.165, 1.54) is 5.56 Å². The zero-order valence-electron chi connectivity index (χ0n) is 21.6. The van der Waals surface area contributed by atoms with Crippen molar-refractivity contribution in [1.82, 2.24) is 9.88 Å². The number of hydrogen-bond donors (Lipinski definition) is 0. The van der Waals surface area contributed by atoms with Crippen molar-refractivity contribution in [3.63, 3.8) is 0 Å². The monoisotopic (exact) mass is 461 g/mol. The van der Waals surface area contributed by atoms with Gasteiger partial charge in [0.1, 0.15) is 13.9 Å². The number of likely N-dealkylation sites (N-methyl/N-ethyl adjacent to an activating group) is 1. The third-order valence-corrected chi connectivity index (χ3v) is 6.18. The molecule has 0 atom stereocenters. The van der Waals surface area contributed by atoms with Gasteiger partial charge in [0, 0.05) is 30.7 Å². The zero-order chi connectivity index (χ0) is 25.9. The van der Waals surface area contributed by atoms with Crippen molar-refractivity contribution in [2.45, 2.75) is 40.7 Å². The van der Waals surface area contributed by atoms with Crippen LogP contribution >= 0.6 is 0 Å². The lowest BCUT2D eigenvalue weighted by Gasteiger charge is -2.21. The van der Waals surface area contributed by atoms with Crippen LogP contribution in [-0.2, 0) is 17.8 Å². The number of amides is 1. The summed E-state index contributed by atoms with van der Waals surface area (Å²) in [6.07, 6.45) is 4.23. The third kappa shape index (κ3) is 5.97. The van der Waals surface area contributed by atoms with Crippen LogP contribution in [0.4, 0.5) is 0 Å². The molecule has 0 spiro atoms. The van der Waals surface area contributed by atoms with Gasteiger partial charge in [0.2, 0.25) is 0 Å². The number of allylic oxidation sites excluding steroid dienone is 2. The Morgan fingerprint density at radius 3 is 2.54 bits per heavy atom. The molecule has 1 aromatic heterocycles. The fourth-order valence-corrected chi connectivity index (χ4v) is 4.44. The van der Waals surface area contributed by atoms with Gasteiger partial charge >= 0.3 is 0 Å². The highest BCUT2D eigenvalue weighted by Gasteiger charge is 2.15. The fourth-order valence-electron chi connectivity index (χ4n) is 4.44. The van der Waals surface area contributed by atoms with E-state index >= 15 is 0 Å². The minimum atomic E-state index is -0.114. The molecule has 0 aliphatic carbocycles. The molecule has 3 aromatic rings. The summed E-state index contributed by atoms with van der Waals surface area (Å²) in [7, 11) is 3.87. The molecule has 0 unspecified atom stereocenters. The molecule has 0 radical (unpaired) electrons. The molecule has 1 heterocycles. The van der Waals surface area contributed by atoms with Crippen molar-refractivity contribution in [2.75, 3.05) is 7.05 Å². The zero-order valence-corrected chi connectivity index (χ0v) is 21.6. The summed E-state index contributed by atoms with van der Waals surface area (Å²) in [6.45, 7) is 16.7. The number of aromatic nitrogens is 1. The molecule has 3 rings (SSSR count). The van der Waals surface area contributed by atoms with Gasteiger partial charge in [-0.25, -0.2) is 0 Å². The second-order valence-electron chi connectivity index (χ2n) is 9.57. The highest BCUT2D eigenvalue weighted by Crippen LogP contribution is 2.22. The molecule has 0 bridgehead atoms. The van der Waals surface area contributed by atoms with E-state index in [2.05, 4.69) is 57.2 Å². The number of nitrogens with zero attached hydrogens (tertiary/aromatic N) is 3. The minimum Gasteiger partial charge on any atom is -0.337 e. The van der Waals surface area contributed by atoms with Crippen LogP contribution in [0.25, 0.3) is 16.5 Å². The number of carbonyl (C=O) groups excluding carboxylic acids is 1. The quantitative estimate of drug-likeness (QED) is 0.291. The highest BCUT2D eigenvalue weighted by atomic mass is 16.2. The standard InChI is InChI=1S/C30H32BN3O/c1-18(2)27-14-26(28(31)11-21(27)5)17-34(7)30(35)22(6)8-19(3)9-23-12-24-10-20(4)16-33-29(24)25(13-23)15-32/h8,10-14,16H,1,6,9,17,31H2,2-5,7H3/b19-8+. The molecule has 2 aromatic carbocycles. The van der Waals surface area contributed by atoms with Crippen LogP contribution in [0.1, 0.15) is 47.2 Å². The number of pyridine rings is 1. The van der Waals surface area contributed by atoms with E-state index in [1.807, 2.05) is 39.0 Å². The Bertz CT molecular complexity index is 1430. The summed E-state index contributed by atoms with van der Waals surface area (Å²) in [5.41, 5.74) is 10.3. The van der Waals surface area contributed by atoms with Gasteiger partial charge in [0.05, 0.1) is 11.1 Å². The lowest BCUT2D eigenvalue weighted by molar-refractivity contribution is -0.126. The summed E-state index contributed by atoms with van der Waals surface area (Å²) in [6, 6.07) is 12.5. The predicted octanol–water partition coefficient (Wildman–Crippen LogP) is 4.72. The number of carbonyl (C=O) groups is 1. The summed E-state index contributed by atoms with van der Waals surface area (Å²) in [5.74, 6) is -0.114. The van der Waals surface area contributed by atoms with E-state index < -0.39 is 0 Å². The van der Waals surface area contributed by atoms with E-state index in [-0.39, 0.29) is 5.91 Å². The van der Waals surface area contributed by atoms with E-state index in [1.54, 1.807) is 18.1 Å². The number of rotatable bonds is 7. The van der Waals surface area contributed by atoms with Crippen LogP contribution in [0, 0.1) is 25.2 Å². The molecule has 176 valence electrons.